The Kier molecular flexibility index (Phi) is 4.49. The fraction of sp³-hybridized carbons (Fsp3) is 0.520. The number of rotatable bonds is 2. The number of ether oxygens (including phenoxy) is 1. The first-order valence-corrected chi connectivity index (χ1v) is 11.6. The van der Waals surface area contributed by atoms with Crippen molar-refractivity contribution in [3.63, 3.8) is 0 Å². The van der Waals surface area contributed by atoms with E-state index < -0.39 is 5.60 Å². The van der Waals surface area contributed by atoms with Crippen LogP contribution < -0.4 is 15.1 Å². The summed E-state index contributed by atoms with van der Waals surface area (Å²) >= 11 is 0. The van der Waals surface area contributed by atoms with Crippen LogP contribution in [0.1, 0.15) is 38.2 Å². The second-order valence-electron chi connectivity index (χ2n) is 10.3. The van der Waals surface area contributed by atoms with E-state index in [1.807, 2.05) is 24.0 Å². The van der Waals surface area contributed by atoms with E-state index in [-0.39, 0.29) is 17.2 Å². The van der Waals surface area contributed by atoms with Gasteiger partial charge in [-0.05, 0) is 62.3 Å². The summed E-state index contributed by atoms with van der Waals surface area (Å²) in [6.07, 6.45) is 5.17. The third-order valence-corrected chi connectivity index (χ3v) is 7.61. The van der Waals surface area contributed by atoms with Crippen LogP contribution in [0.15, 0.2) is 36.5 Å². The molecule has 7 heteroatoms. The van der Waals surface area contributed by atoms with E-state index in [4.69, 9.17) is 4.74 Å². The summed E-state index contributed by atoms with van der Waals surface area (Å²) < 4.78 is 5.51. The number of carbonyl (C=O) groups excluding carboxylic acids is 1. The Labute approximate surface area is 188 Å². The average Bonchev–Trinajstić information content (AvgIpc) is 2.92. The molecule has 1 amide bonds. The van der Waals surface area contributed by atoms with Crippen LogP contribution in [-0.2, 0) is 16.1 Å². The number of aliphatic hydroxyl groups is 1. The minimum Gasteiger partial charge on any atom is -0.390 e. The van der Waals surface area contributed by atoms with Crippen molar-refractivity contribution in [2.45, 2.75) is 44.8 Å². The Morgan fingerprint density at radius 1 is 1.22 bits per heavy atom. The van der Waals surface area contributed by atoms with E-state index in [0.717, 1.165) is 80.4 Å². The van der Waals surface area contributed by atoms with Crippen molar-refractivity contribution in [3.05, 3.63) is 42.1 Å². The third-order valence-electron chi connectivity index (χ3n) is 7.61. The van der Waals surface area contributed by atoms with Crippen molar-refractivity contribution in [3.8, 4) is 0 Å². The summed E-state index contributed by atoms with van der Waals surface area (Å²) in [6.45, 7) is 5.57. The molecule has 0 unspecified atom stereocenters. The smallest absolute Gasteiger partial charge is 0.230 e. The summed E-state index contributed by atoms with van der Waals surface area (Å²) in [5.74, 6) is 1.01. The van der Waals surface area contributed by atoms with Crippen molar-refractivity contribution < 1.29 is 14.6 Å². The predicted molar refractivity (Wildman–Crippen MR) is 123 cm³/mol. The first-order chi connectivity index (χ1) is 15.4. The molecule has 1 aromatic heterocycles. The number of hydrogen-bond acceptors (Lipinski definition) is 6. The van der Waals surface area contributed by atoms with E-state index in [1.54, 1.807) is 6.20 Å². The lowest BCUT2D eigenvalue weighted by atomic mass is 9.46. The molecule has 168 valence electrons. The number of hydrogen-bond donors (Lipinski definition) is 2. The van der Waals surface area contributed by atoms with Gasteiger partial charge in [-0.3, -0.25) is 4.79 Å². The van der Waals surface area contributed by atoms with Gasteiger partial charge < -0.3 is 25.0 Å². The van der Waals surface area contributed by atoms with Crippen molar-refractivity contribution in [1.82, 2.24) is 4.98 Å². The number of benzene rings is 1. The molecule has 2 saturated carbocycles. The van der Waals surface area contributed by atoms with Crippen LogP contribution in [0.5, 0.6) is 0 Å². The highest BCUT2D eigenvalue weighted by Crippen LogP contribution is 2.63. The average molecular weight is 435 g/mol. The molecule has 1 aromatic carbocycles. The molecule has 32 heavy (non-hydrogen) atoms. The maximum atomic E-state index is 13.8. The van der Waals surface area contributed by atoms with Gasteiger partial charge in [-0.25, -0.2) is 4.98 Å². The zero-order valence-electron chi connectivity index (χ0n) is 18.5. The Morgan fingerprint density at radius 3 is 2.75 bits per heavy atom. The number of nitrogens with one attached hydrogen (secondary N) is 1. The van der Waals surface area contributed by atoms with E-state index in [0.29, 0.717) is 6.54 Å². The zero-order chi connectivity index (χ0) is 21.9. The van der Waals surface area contributed by atoms with Crippen LogP contribution >= 0.6 is 0 Å². The fourth-order valence-electron chi connectivity index (χ4n) is 6.36. The molecule has 3 fully saturated rings. The van der Waals surface area contributed by atoms with Crippen molar-refractivity contribution in [2.75, 3.05) is 41.4 Å². The number of anilines is 4. The first kappa shape index (κ1) is 20.0. The van der Waals surface area contributed by atoms with Crippen LogP contribution in [0.4, 0.5) is 22.9 Å². The summed E-state index contributed by atoms with van der Waals surface area (Å²) in [4.78, 5) is 22.6. The Hall–Kier alpha value is -2.64. The number of fused-ring (bicyclic) bond motifs is 2. The lowest BCUT2D eigenvalue weighted by molar-refractivity contribution is -0.176. The highest BCUT2D eigenvalue weighted by Gasteiger charge is 2.59. The van der Waals surface area contributed by atoms with Gasteiger partial charge in [-0.1, -0.05) is 6.07 Å². The zero-order valence-corrected chi connectivity index (χ0v) is 18.5. The van der Waals surface area contributed by atoms with Gasteiger partial charge in [0, 0.05) is 36.5 Å². The minimum absolute atomic E-state index is 0.0178. The topological polar surface area (TPSA) is 77.9 Å². The molecule has 2 aliphatic carbocycles. The summed E-state index contributed by atoms with van der Waals surface area (Å²) in [7, 11) is 0. The molecule has 0 bridgehead atoms. The number of amides is 1. The van der Waals surface area contributed by atoms with E-state index in [9.17, 15) is 9.90 Å². The van der Waals surface area contributed by atoms with Gasteiger partial charge in [0.2, 0.25) is 5.91 Å². The van der Waals surface area contributed by atoms with Crippen LogP contribution in [-0.4, -0.2) is 47.9 Å². The van der Waals surface area contributed by atoms with Crippen LogP contribution in [0.3, 0.4) is 0 Å². The summed E-state index contributed by atoms with van der Waals surface area (Å²) in [5, 5.41) is 13.7. The van der Waals surface area contributed by atoms with Crippen molar-refractivity contribution in [2.24, 2.45) is 11.3 Å². The lowest BCUT2D eigenvalue weighted by Gasteiger charge is -2.60. The third kappa shape index (κ3) is 3.35. The van der Waals surface area contributed by atoms with E-state index >= 15 is 0 Å². The molecule has 7 nitrogen and oxygen atoms in total. The van der Waals surface area contributed by atoms with Gasteiger partial charge in [0.15, 0.2) is 0 Å². The monoisotopic (exact) mass is 434 g/mol. The highest BCUT2D eigenvalue weighted by molar-refractivity contribution is 6.00. The second-order valence-corrected chi connectivity index (χ2v) is 10.3. The van der Waals surface area contributed by atoms with Gasteiger partial charge in [0.05, 0.1) is 36.7 Å². The molecule has 2 aliphatic heterocycles. The number of nitrogens with zero attached hydrogens (tertiary/aromatic N) is 3. The van der Waals surface area contributed by atoms with Crippen molar-refractivity contribution in [1.29, 1.82) is 0 Å². The molecule has 0 atom stereocenters. The molecule has 4 aliphatic rings. The number of carbonyl (C=O) groups is 1. The standard InChI is InChI=1S/C25H30N4O3/c1-24(31)15-25(16-24)12-18(13-25)23(30)29-14-17-3-2-6-26-22(17)27-20-5-4-19(11-21(20)29)28-7-9-32-10-8-28/h2-6,11,18,31H,7-10,12-16H2,1H3,(H,26,27). The SMILES string of the molecule is CC1(O)CC2(CC(C(=O)N3Cc4cccnc4Nc4ccc(N5CCOCC5)cc43)C2)C1. The number of pyridine rings is 1. The minimum atomic E-state index is -0.551. The second kappa shape index (κ2) is 7.18. The molecular weight excluding hydrogens is 404 g/mol. The van der Waals surface area contributed by atoms with Gasteiger partial charge in [0.25, 0.3) is 0 Å². The maximum Gasteiger partial charge on any atom is 0.230 e. The molecule has 3 heterocycles. The molecular formula is C25H30N4O3. The van der Waals surface area contributed by atoms with Crippen LogP contribution in [0, 0.1) is 11.3 Å². The molecule has 2 aromatic rings. The van der Waals surface area contributed by atoms with Gasteiger partial charge in [-0.15, -0.1) is 0 Å². The lowest BCUT2D eigenvalue weighted by Crippen LogP contribution is -2.59. The Morgan fingerprint density at radius 2 is 2.00 bits per heavy atom. The largest absolute Gasteiger partial charge is 0.390 e. The summed E-state index contributed by atoms with van der Waals surface area (Å²) in [5.41, 5.74) is 3.58. The van der Waals surface area contributed by atoms with Crippen LogP contribution in [0.2, 0.25) is 0 Å². The fourth-order valence-corrected chi connectivity index (χ4v) is 6.36. The molecule has 1 spiro atoms. The number of morpholine rings is 1. The van der Waals surface area contributed by atoms with Crippen LogP contribution in [0.25, 0.3) is 0 Å². The van der Waals surface area contributed by atoms with Crippen molar-refractivity contribution >= 4 is 28.8 Å². The molecule has 6 rings (SSSR count). The van der Waals surface area contributed by atoms with Gasteiger partial charge in [-0.2, -0.15) is 0 Å². The Bertz CT molecular complexity index is 1050. The van der Waals surface area contributed by atoms with Gasteiger partial charge >= 0.3 is 0 Å². The molecule has 2 N–H and O–H groups in total. The Balaban J connectivity index is 1.31. The predicted octanol–water partition coefficient (Wildman–Crippen LogP) is 3.45. The summed E-state index contributed by atoms with van der Waals surface area (Å²) in [6, 6.07) is 10.3. The molecule has 0 radical (unpaired) electrons. The highest BCUT2D eigenvalue weighted by atomic mass is 16.5. The van der Waals surface area contributed by atoms with E-state index in [2.05, 4.69) is 33.4 Å². The van der Waals surface area contributed by atoms with Gasteiger partial charge in [0.1, 0.15) is 5.82 Å². The maximum absolute atomic E-state index is 13.8. The quantitative estimate of drug-likeness (QED) is 0.754. The molecule has 1 saturated heterocycles. The van der Waals surface area contributed by atoms with E-state index in [1.165, 1.54) is 0 Å². The number of aromatic nitrogens is 1. The normalized spacial score (nSPS) is 31.0. The first-order valence-electron chi connectivity index (χ1n) is 11.6.